The molecule has 1 aliphatic heterocycles. The summed E-state index contributed by atoms with van der Waals surface area (Å²) in [5, 5.41) is 0.683. The molecule has 0 bridgehead atoms. The number of oxazole rings is 1. The molecule has 0 N–H and O–H groups in total. The predicted molar refractivity (Wildman–Crippen MR) is 116 cm³/mol. The summed E-state index contributed by atoms with van der Waals surface area (Å²) >= 11 is 5.93. The van der Waals surface area contributed by atoms with E-state index in [0.29, 0.717) is 30.4 Å². The second-order valence-corrected chi connectivity index (χ2v) is 8.26. The first-order chi connectivity index (χ1) is 14.8. The van der Waals surface area contributed by atoms with Gasteiger partial charge in [0.05, 0.1) is 12.1 Å². The molecular formula is C22H23ClN4O4. The lowest BCUT2D eigenvalue weighted by atomic mass is 9.97. The van der Waals surface area contributed by atoms with Crippen LogP contribution in [0.2, 0.25) is 5.02 Å². The average Bonchev–Trinajstić information content (AvgIpc) is 3.24. The van der Waals surface area contributed by atoms with Gasteiger partial charge >= 0.3 is 5.69 Å². The van der Waals surface area contributed by atoms with Crippen LogP contribution in [0.3, 0.4) is 0 Å². The molecule has 1 aromatic carbocycles. The quantitative estimate of drug-likeness (QED) is 0.618. The molecule has 0 aliphatic carbocycles. The summed E-state index contributed by atoms with van der Waals surface area (Å²) < 4.78 is 8.17. The summed E-state index contributed by atoms with van der Waals surface area (Å²) in [7, 11) is 2.88. The van der Waals surface area contributed by atoms with E-state index in [1.165, 1.54) is 24.7 Å². The van der Waals surface area contributed by atoms with E-state index in [2.05, 4.69) is 4.98 Å². The van der Waals surface area contributed by atoms with Crippen molar-refractivity contribution in [1.29, 1.82) is 0 Å². The van der Waals surface area contributed by atoms with Crippen molar-refractivity contribution in [2.75, 3.05) is 13.1 Å². The third kappa shape index (κ3) is 4.34. The number of carbonyl (C=O) groups excluding carboxylic acids is 1. The minimum Gasteiger partial charge on any atom is -0.445 e. The zero-order chi connectivity index (χ0) is 22.1. The molecule has 3 aromatic rings. The van der Waals surface area contributed by atoms with E-state index >= 15 is 0 Å². The molecule has 162 valence electrons. The smallest absolute Gasteiger partial charge is 0.331 e. The highest BCUT2D eigenvalue weighted by Crippen LogP contribution is 2.28. The maximum Gasteiger partial charge on any atom is 0.331 e. The van der Waals surface area contributed by atoms with E-state index in [0.717, 1.165) is 28.7 Å². The Morgan fingerprint density at radius 3 is 2.68 bits per heavy atom. The van der Waals surface area contributed by atoms with E-state index < -0.39 is 11.2 Å². The molecular weight excluding hydrogens is 420 g/mol. The number of aromatic nitrogens is 3. The molecule has 1 fully saturated rings. The number of nitrogens with zero attached hydrogens (tertiary/aromatic N) is 4. The molecule has 1 amide bonds. The molecule has 9 heteroatoms. The highest BCUT2D eigenvalue weighted by Gasteiger charge is 2.29. The van der Waals surface area contributed by atoms with Crippen molar-refractivity contribution in [1.82, 2.24) is 19.0 Å². The van der Waals surface area contributed by atoms with Gasteiger partial charge in [0.1, 0.15) is 11.5 Å². The first kappa shape index (κ1) is 21.1. The Morgan fingerprint density at radius 1 is 1.19 bits per heavy atom. The van der Waals surface area contributed by atoms with Crippen LogP contribution in [-0.2, 0) is 20.5 Å². The van der Waals surface area contributed by atoms with Crippen molar-refractivity contribution >= 4 is 17.5 Å². The molecule has 3 heterocycles. The van der Waals surface area contributed by atoms with Gasteiger partial charge in [-0.15, -0.1) is 0 Å². The van der Waals surface area contributed by atoms with E-state index in [1.807, 2.05) is 24.3 Å². The van der Waals surface area contributed by atoms with Crippen molar-refractivity contribution in [3.63, 3.8) is 0 Å². The molecule has 0 spiro atoms. The summed E-state index contributed by atoms with van der Waals surface area (Å²) in [6.45, 7) is 0.972. The topological polar surface area (TPSA) is 90.3 Å². The van der Waals surface area contributed by atoms with Gasteiger partial charge in [-0.1, -0.05) is 23.7 Å². The van der Waals surface area contributed by atoms with Gasteiger partial charge in [-0.2, -0.15) is 0 Å². The molecule has 1 atom stereocenters. The number of halogens is 1. The number of piperidine rings is 1. The largest absolute Gasteiger partial charge is 0.445 e. The Kier molecular flexibility index (Phi) is 5.82. The van der Waals surface area contributed by atoms with Crippen molar-refractivity contribution in [2.45, 2.75) is 25.2 Å². The Hall–Kier alpha value is -3.13. The zero-order valence-electron chi connectivity index (χ0n) is 17.4. The fourth-order valence-corrected chi connectivity index (χ4v) is 3.99. The van der Waals surface area contributed by atoms with E-state index in [9.17, 15) is 14.4 Å². The minimum absolute atomic E-state index is 0.0414. The van der Waals surface area contributed by atoms with Crippen molar-refractivity contribution < 1.29 is 9.21 Å². The van der Waals surface area contributed by atoms with Crippen molar-refractivity contribution in [2.24, 2.45) is 14.1 Å². The van der Waals surface area contributed by atoms with Gasteiger partial charge < -0.3 is 9.32 Å². The molecule has 0 unspecified atom stereocenters. The third-order valence-corrected chi connectivity index (χ3v) is 5.92. The predicted octanol–water partition coefficient (Wildman–Crippen LogP) is 2.34. The van der Waals surface area contributed by atoms with Gasteiger partial charge in [0.15, 0.2) is 5.89 Å². The Bertz CT molecular complexity index is 1230. The molecule has 31 heavy (non-hydrogen) atoms. The van der Waals surface area contributed by atoms with Crippen LogP contribution in [0, 0.1) is 0 Å². The molecule has 2 aromatic heterocycles. The SMILES string of the molecule is Cn1c(C(=O)N2CCC[C@@H](c3ncc(Cc4ccc(Cl)cc4)o3)C2)cc(=O)n(C)c1=O. The van der Waals surface area contributed by atoms with Crippen LogP contribution in [-0.4, -0.2) is 38.0 Å². The molecule has 1 saturated heterocycles. The van der Waals surface area contributed by atoms with E-state index in [-0.39, 0.29) is 17.5 Å². The van der Waals surface area contributed by atoms with Crippen LogP contribution in [0.25, 0.3) is 0 Å². The lowest BCUT2D eigenvalue weighted by Crippen LogP contribution is -2.44. The van der Waals surface area contributed by atoms with Crippen LogP contribution < -0.4 is 11.2 Å². The molecule has 8 nitrogen and oxygen atoms in total. The number of hydrogen-bond donors (Lipinski definition) is 0. The minimum atomic E-state index is -0.524. The summed E-state index contributed by atoms with van der Waals surface area (Å²) in [6, 6.07) is 8.77. The third-order valence-electron chi connectivity index (χ3n) is 5.67. The van der Waals surface area contributed by atoms with Crippen LogP contribution in [0.5, 0.6) is 0 Å². The van der Waals surface area contributed by atoms with Crippen LogP contribution >= 0.6 is 11.6 Å². The first-order valence-corrected chi connectivity index (χ1v) is 10.5. The number of carbonyl (C=O) groups is 1. The number of amides is 1. The fraction of sp³-hybridized carbons (Fsp3) is 0.364. The maximum absolute atomic E-state index is 13.0. The van der Waals surface area contributed by atoms with Gasteiger partial charge in [0.2, 0.25) is 0 Å². The standard InChI is InChI=1S/C22H23ClN4O4/c1-25-18(11-19(28)26(2)22(25)30)21(29)27-9-3-4-15(13-27)20-24-12-17(31-20)10-14-5-7-16(23)8-6-14/h5-8,11-12,15H,3-4,9-10,13H2,1-2H3/t15-/m1/s1. The lowest BCUT2D eigenvalue weighted by molar-refractivity contribution is 0.0685. The number of rotatable bonds is 4. The highest BCUT2D eigenvalue weighted by atomic mass is 35.5. The van der Waals surface area contributed by atoms with E-state index in [1.54, 1.807) is 11.1 Å². The van der Waals surface area contributed by atoms with Gasteiger partial charge in [-0.3, -0.25) is 18.7 Å². The van der Waals surface area contributed by atoms with Crippen LogP contribution in [0.15, 0.2) is 50.5 Å². The second kappa shape index (κ2) is 8.55. The highest BCUT2D eigenvalue weighted by molar-refractivity contribution is 6.30. The summed E-state index contributed by atoms with van der Waals surface area (Å²) in [5.74, 6) is 0.962. The van der Waals surface area contributed by atoms with Crippen molar-refractivity contribution in [3.8, 4) is 0 Å². The molecule has 4 rings (SSSR count). The van der Waals surface area contributed by atoms with Gasteiger partial charge in [-0.25, -0.2) is 9.78 Å². The van der Waals surface area contributed by atoms with Crippen molar-refractivity contribution in [3.05, 3.63) is 85.3 Å². The second-order valence-electron chi connectivity index (χ2n) is 7.83. The van der Waals surface area contributed by atoms with E-state index in [4.69, 9.17) is 16.0 Å². The first-order valence-electron chi connectivity index (χ1n) is 10.1. The number of likely N-dealkylation sites (tertiary alicyclic amines) is 1. The Morgan fingerprint density at radius 2 is 1.94 bits per heavy atom. The fourth-order valence-electron chi connectivity index (χ4n) is 3.86. The zero-order valence-corrected chi connectivity index (χ0v) is 18.1. The Labute approximate surface area is 183 Å². The summed E-state index contributed by atoms with van der Waals surface area (Å²) in [4.78, 5) is 43.3. The maximum atomic E-state index is 13.0. The molecule has 0 radical (unpaired) electrons. The van der Waals surface area contributed by atoms with Crippen LogP contribution in [0.4, 0.5) is 0 Å². The van der Waals surface area contributed by atoms with Gasteiger partial charge in [0.25, 0.3) is 11.5 Å². The average molecular weight is 443 g/mol. The normalized spacial score (nSPS) is 16.5. The molecule has 1 aliphatic rings. The number of benzene rings is 1. The lowest BCUT2D eigenvalue weighted by Gasteiger charge is -2.31. The van der Waals surface area contributed by atoms with Gasteiger partial charge in [-0.05, 0) is 30.5 Å². The monoisotopic (exact) mass is 442 g/mol. The molecule has 0 saturated carbocycles. The summed E-state index contributed by atoms with van der Waals surface area (Å²) in [6.07, 6.45) is 3.95. The number of hydrogen-bond acceptors (Lipinski definition) is 5. The Balaban J connectivity index is 1.50. The summed E-state index contributed by atoms with van der Waals surface area (Å²) in [5.41, 5.74) is 0.132. The van der Waals surface area contributed by atoms with Gasteiger partial charge in [0, 0.05) is 44.7 Å². The van der Waals surface area contributed by atoms with Crippen LogP contribution in [0.1, 0.15) is 46.5 Å².